The highest BCUT2D eigenvalue weighted by Crippen LogP contribution is 2.36. The molecule has 0 saturated heterocycles. The zero-order valence-corrected chi connectivity index (χ0v) is 17.5. The average molecular weight is 437 g/mol. The SMILES string of the molecule is CCO[C@H]1C[C@@H](n2cc(NC(=O)c3csc(-c4cn[nH]c4)n3)c(-c3ncccn3)n2)C1. The third-order valence-electron chi connectivity index (χ3n) is 5.09. The molecule has 1 fully saturated rings. The lowest BCUT2D eigenvalue weighted by molar-refractivity contribution is -0.0226. The van der Waals surface area contributed by atoms with Gasteiger partial charge in [0.2, 0.25) is 0 Å². The average Bonchev–Trinajstić information content (AvgIpc) is 3.51. The summed E-state index contributed by atoms with van der Waals surface area (Å²) in [6.07, 6.45) is 10.6. The van der Waals surface area contributed by atoms with Gasteiger partial charge in [-0.2, -0.15) is 10.2 Å². The highest BCUT2D eigenvalue weighted by Gasteiger charge is 2.33. The molecule has 4 heterocycles. The third-order valence-corrected chi connectivity index (χ3v) is 5.98. The number of H-pyrrole nitrogens is 1. The zero-order valence-electron chi connectivity index (χ0n) is 16.7. The number of hydrogen-bond acceptors (Lipinski definition) is 8. The van der Waals surface area contributed by atoms with Gasteiger partial charge in [0.1, 0.15) is 10.7 Å². The van der Waals surface area contributed by atoms with E-state index in [1.54, 1.807) is 36.2 Å². The fraction of sp³-hybridized carbons (Fsp3) is 0.300. The van der Waals surface area contributed by atoms with Gasteiger partial charge in [-0.1, -0.05) is 0 Å². The molecule has 31 heavy (non-hydrogen) atoms. The van der Waals surface area contributed by atoms with E-state index in [1.165, 1.54) is 11.3 Å². The van der Waals surface area contributed by atoms with Gasteiger partial charge in [0.15, 0.2) is 11.5 Å². The number of aromatic nitrogens is 7. The first-order chi connectivity index (χ1) is 15.2. The molecule has 0 radical (unpaired) electrons. The number of ether oxygens (including phenoxy) is 1. The summed E-state index contributed by atoms with van der Waals surface area (Å²) in [6.45, 7) is 2.70. The number of anilines is 1. The third kappa shape index (κ3) is 3.97. The molecule has 10 nitrogen and oxygen atoms in total. The second kappa shape index (κ2) is 8.36. The number of hydrogen-bond donors (Lipinski definition) is 2. The second-order valence-corrected chi connectivity index (χ2v) is 7.98. The van der Waals surface area contributed by atoms with Crippen molar-refractivity contribution in [1.82, 2.24) is 34.9 Å². The summed E-state index contributed by atoms with van der Waals surface area (Å²) >= 11 is 1.38. The van der Waals surface area contributed by atoms with Crippen LogP contribution in [0.3, 0.4) is 0 Å². The molecule has 158 valence electrons. The Labute approximate surface area is 181 Å². The number of carbonyl (C=O) groups is 1. The van der Waals surface area contributed by atoms with Crippen molar-refractivity contribution in [3.63, 3.8) is 0 Å². The van der Waals surface area contributed by atoms with Crippen LogP contribution in [0.5, 0.6) is 0 Å². The van der Waals surface area contributed by atoms with E-state index in [0.29, 0.717) is 29.5 Å². The van der Waals surface area contributed by atoms with Gasteiger partial charge in [0.25, 0.3) is 5.91 Å². The molecule has 0 spiro atoms. The van der Waals surface area contributed by atoms with Crippen molar-refractivity contribution >= 4 is 22.9 Å². The van der Waals surface area contributed by atoms with Gasteiger partial charge >= 0.3 is 0 Å². The van der Waals surface area contributed by atoms with Crippen LogP contribution in [0.1, 0.15) is 36.3 Å². The topological polar surface area (TPSA) is 124 Å². The highest BCUT2D eigenvalue weighted by molar-refractivity contribution is 7.13. The molecule has 4 aromatic heterocycles. The predicted octanol–water partition coefficient (Wildman–Crippen LogP) is 3.18. The quantitative estimate of drug-likeness (QED) is 0.456. The van der Waals surface area contributed by atoms with Gasteiger partial charge in [0.05, 0.1) is 24.0 Å². The summed E-state index contributed by atoms with van der Waals surface area (Å²) < 4.78 is 7.53. The molecule has 1 amide bonds. The van der Waals surface area contributed by atoms with Gasteiger partial charge in [-0.25, -0.2) is 15.0 Å². The molecule has 1 saturated carbocycles. The molecule has 0 bridgehead atoms. The Balaban J connectivity index is 1.39. The smallest absolute Gasteiger partial charge is 0.275 e. The maximum Gasteiger partial charge on any atom is 0.275 e. The van der Waals surface area contributed by atoms with Crippen LogP contribution in [-0.2, 0) is 4.74 Å². The monoisotopic (exact) mass is 436 g/mol. The first-order valence-electron chi connectivity index (χ1n) is 9.95. The molecule has 0 aromatic carbocycles. The summed E-state index contributed by atoms with van der Waals surface area (Å²) in [5.74, 6) is 0.137. The van der Waals surface area contributed by atoms with E-state index in [2.05, 4.69) is 35.6 Å². The van der Waals surface area contributed by atoms with Crippen molar-refractivity contribution in [1.29, 1.82) is 0 Å². The van der Waals surface area contributed by atoms with E-state index in [1.807, 2.05) is 17.8 Å². The number of nitrogens with one attached hydrogen (secondary N) is 2. The lowest BCUT2D eigenvalue weighted by Crippen LogP contribution is -2.33. The molecular weight excluding hydrogens is 416 g/mol. The number of rotatable bonds is 7. The Hall–Kier alpha value is -3.44. The first-order valence-corrected chi connectivity index (χ1v) is 10.8. The fourth-order valence-electron chi connectivity index (χ4n) is 3.45. The minimum Gasteiger partial charge on any atom is -0.378 e. The van der Waals surface area contributed by atoms with E-state index < -0.39 is 0 Å². The van der Waals surface area contributed by atoms with Crippen LogP contribution in [0.15, 0.2) is 42.4 Å². The molecule has 0 atom stereocenters. The molecule has 0 unspecified atom stereocenters. The normalized spacial score (nSPS) is 18.0. The first kappa shape index (κ1) is 19.5. The number of nitrogens with zero attached hydrogens (tertiary/aromatic N) is 6. The van der Waals surface area contributed by atoms with Crippen molar-refractivity contribution in [3.8, 4) is 22.1 Å². The summed E-state index contributed by atoms with van der Waals surface area (Å²) in [6, 6.07) is 1.96. The van der Waals surface area contributed by atoms with Crippen molar-refractivity contribution < 1.29 is 9.53 Å². The maximum absolute atomic E-state index is 12.9. The fourth-order valence-corrected chi connectivity index (χ4v) is 4.23. The van der Waals surface area contributed by atoms with Crippen molar-refractivity contribution in [3.05, 3.63) is 48.1 Å². The van der Waals surface area contributed by atoms with E-state index in [-0.39, 0.29) is 18.1 Å². The van der Waals surface area contributed by atoms with Crippen LogP contribution in [-0.4, -0.2) is 53.5 Å². The van der Waals surface area contributed by atoms with Crippen LogP contribution in [0.2, 0.25) is 0 Å². The Morgan fingerprint density at radius 1 is 1.35 bits per heavy atom. The molecule has 5 rings (SSSR count). The standard InChI is InChI=1S/C20H20N8O2S/c1-2-30-14-6-13(7-14)28-10-15(17(27-28)18-21-4-3-5-22-18)25-19(29)16-11-31-20(26-16)12-8-23-24-9-12/h3-5,8-11,13-14H,2,6-7H2,1H3,(H,23,24)(H,25,29)/t13-,14+. The van der Waals surface area contributed by atoms with Crippen LogP contribution in [0.25, 0.3) is 22.1 Å². The minimum absolute atomic E-state index is 0.219. The van der Waals surface area contributed by atoms with Gasteiger partial charge < -0.3 is 10.1 Å². The van der Waals surface area contributed by atoms with Crippen LogP contribution in [0.4, 0.5) is 5.69 Å². The van der Waals surface area contributed by atoms with E-state index in [4.69, 9.17) is 4.74 Å². The molecule has 0 aliphatic heterocycles. The summed E-state index contributed by atoms with van der Waals surface area (Å²) in [4.78, 5) is 25.9. The Kier molecular flexibility index (Phi) is 5.26. The van der Waals surface area contributed by atoms with Gasteiger partial charge in [-0.15, -0.1) is 11.3 Å². The number of thiazole rings is 1. The molecule has 1 aliphatic carbocycles. The van der Waals surface area contributed by atoms with Crippen LogP contribution < -0.4 is 5.32 Å². The van der Waals surface area contributed by atoms with Gasteiger partial charge in [0, 0.05) is 42.3 Å². The number of carbonyl (C=O) groups excluding carboxylic acids is 1. The number of amides is 1. The van der Waals surface area contributed by atoms with Crippen molar-refractivity contribution in [2.24, 2.45) is 0 Å². The number of aromatic amines is 1. The lowest BCUT2D eigenvalue weighted by Gasteiger charge is -2.34. The van der Waals surface area contributed by atoms with Gasteiger partial charge in [-0.3, -0.25) is 14.6 Å². The van der Waals surface area contributed by atoms with E-state index >= 15 is 0 Å². The summed E-state index contributed by atoms with van der Waals surface area (Å²) in [7, 11) is 0. The Morgan fingerprint density at radius 3 is 2.94 bits per heavy atom. The highest BCUT2D eigenvalue weighted by atomic mass is 32.1. The molecule has 2 N–H and O–H groups in total. The van der Waals surface area contributed by atoms with Crippen molar-refractivity contribution in [2.75, 3.05) is 11.9 Å². The largest absolute Gasteiger partial charge is 0.378 e. The lowest BCUT2D eigenvalue weighted by atomic mass is 9.89. The Morgan fingerprint density at radius 2 is 2.19 bits per heavy atom. The molecule has 4 aromatic rings. The molecule has 1 aliphatic rings. The van der Waals surface area contributed by atoms with Crippen molar-refractivity contribution in [2.45, 2.75) is 31.9 Å². The molecular formula is C20H20N8O2S. The second-order valence-electron chi connectivity index (χ2n) is 7.13. The van der Waals surface area contributed by atoms with E-state index in [0.717, 1.165) is 23.4 Å². The molecule has 11 heteroatoms. The zero-order chi connectivity index (χ0) is 21.2. The van der Waals surface area contributed by atoms with Gasteiger partial charge in [-0.05, 0) is 25.8 Å². The minimum atomic E-state index is -0.316. The van der Waals surface area contributed by atoms with E-state index in [9.17, 15) is 4.79 Å². The summed E-state index contributed by atoms with van der Waals surface area (Å²) in [5.41, 5.74) is 2.24. The summed E-state index contributed by atoms with van der Waals surface area (Å²) in [5, 5.41) is 16.7. The predicted molar refractivity (Wildman–Crippen MR) is 115 cm³/mol. The Bertz CT molecular complexity index is 1170. The maximum atomic E-state index is 12.9. The van der Waals surface area contributed by atoms with Crippen LogP contribution in [0, 0.1) is 0 Å². The van der Waals surface area contributed by atoms with Crippen LogP contribution >= 0.6 is 11.3 Å².